The Balaban J connectivity index is 0.00000115. The number of hydrogen-bond acceptors (Lipinski definition) is 3. The van der Waals surface area contributed by atoms with Gasteiger partial charge in [0.2, 0.25) is 0 Å². The van der Waals surface area contributed by atoms with Crippen LogP contribution >= 0.6 is 0 Å². The van der Waals surface area contributed by atoms with E-state index in [1.807, 2.05) is 13.8 Å². The van der Waals surface area contributed by atoms with Gasteiger partial charge in [0.15, 0.2) is 0 Å². The molecule has 2 saturated heterocycles. The van der Waals surface area contributed by atoms with E-state index >= 15 is 0 Å². The topological polar surface area (TPSA) is 26.7 Å². The summed E-state index contributed by atoms with van der Waals surface area (Å²) in [5.41, 5.74) is 0.701. The summed E-state index contributed by atoms with van der Waals surface area (Å²) in [7, 11) is 0. The first-order valence-corrected chi connectivity index (χ1v) is 8.33. The van der Waals surface area contributed by atoms with Gasteiger partial charge in [-0.3, -0.25) is 0 Å². The molecular formula is C16H34N2OV. The monoisotopic (exact) mass is 321 g/mol. The predicted molar refractivity (Wildman–Crippen MR) is 82.5 cm³/mol. The van der Waals surface area contributed by atoms with Gasteiger partial charge in [-0.25, -0.2) is 0 Å². The fourth-order valence-corrected chi connectivity index (χ4v) is 3.36. The van der Waals surface area contributed by atoms with Crippen LogP contribution in [0.2, 0.25) is 0 Å². The van der Waals surface area contributed by atoms with Crippen molar-refractivity contribution in [3.05, 3.63) is 0 Å². The minimum absolute atomic E-state index is 0. The van der Waals surface area contributed by atoms with Crippen molar-refractivity contribution in [3.63, 3.8) is 0 Å². The first-order valence-electron chi connectivity index (χ1n) is 8.33. The molecule has 0 atom stereocenters. The number of nitrogens with zero attached hydrogens (tertiary/aromatic N) is 2. The molecule has 4 heteroatoms. The molecule has 1 radical (unpaired) electrons. The molecule has 0 unspecified atom stereocenters. The molecule has 2 aliphatic rings. The van der Waals surface area contributed by atoms with E-state index in [1.54, 1.807) is 0 Å². The third kappa shape index (κ3) is 6.07. The third-order valence-electron chi connectivity index (χ3n) is 4.32. The van der Waals surface area contributed by atoms with Crippen LogP contribution in [0.3, 0.4) is 0 Å². The van der Waals surface area contributed by atoms with Crippen LogP contribution < -0.4 is 0 Å². The predicted octanol–water partition coefficient (Wildman–Crippen LogP) is 2.59. The van der Waals surface area contributed by atoms with Crippen LogP contribution in [-0.2, 0) is 18.6 Å². The molecule has 119 valence electrons. The van der Waals surface area contributed by atoms with E-state index in [1.165, 1.54) is 65.0 Å². The quantitative estimate of drug-likeness (QED) is 0.696. The van der Waals surface area contributed by atoms with Gasteiger partial charge in [-0.2, -0.15) is 0 Å². The summed E-state index contributed by atoms with van der Waals surface area (Å²) in [5.74, 6) is 0. The second kappa shape index (κ2) is 11.1. The van der Waals surface area contributed by atoms with E-state index in [0.29, 0.717) is 12.0 Å². The van der Waals surface area contributed by atoms with Gasteiger partial charge in [0.05, 0.1) is 0 Å². The Labute approximate surface area is 138 Å². The summed E-state index contributed by atoms with van der Waals surface area (Å²) in [5, 5.41) is 8.68. The summed E-state index contributed by atoms with van der Waals surface area (Å²) >= 11 is 0. The van der Waals surface area contributed by atoms with Crippen molar-refractivity contribution < 1.29 is 23.7 Å². The molecule has 0 aromatic rings. The number of hydrogen-bond donors (Lipinski definition) is 1. The molecule has 0 aromatic heterocycles. The van der Waals surface area contributed by atoms with E-state index < -0.39 is 0 Å². The Hall–Kier alpha value is 0.464. The van der Waals surface area contributed by atoms with Gasteiger partial charge >= 0.3 is 0 Å². The van der Waals surface area contributed by atoms with Crippen molar-refractivity contribution in [3.8, 4) is 0 Å². The maximum absolute atomic E-state index is 8.68. The molecular weight excluding hydrogens is 287 g/mol. The Morgan fingerprint density at radius 3 is 1.90 bits per heavy atom. The average molecular weight is 321 g/mol. The molecule has 0 saturated carbocycles. The van der Waals surface area contributed by atoms with Crippen molar-refractivity contribution >= 4 is 0 Å². The smallest absolute Gasteiger partial charge is 0.0431 e. The van der Waals surface area contributed by atoms with Crippen LogP contribution in [0.15, 0.2) is 0 Å². The third-order valence-corrected chi connectivity index (χ3v) is 4.32. The van der Waals surface area contributed by atoms with Crippen LogP contribution in [-0.4, -0.2) is 60.8 Å². The number of rotatable bonds is 8. The van der Waals surface area contributed by atoms with Gasteiger partial charge in [-0.1, -0.05) is 40.0 Å². The fraction of sp³-hybridized carbons (Fsp3) is 1.00. The Kier molecular flexibility index (Phi) is 11.3. The van der Waals surface area contributed by atoms with Gasteiger partial charge < -0.3 is 14.9 Å². The van der Waals surface area contributed by atoms with E-state index in [0.717, 1.165) is 6.42 Å². The van der Waals surface area contributed by atoms with Crippen molar-refractivity contribution in [1.82, 2.24) is 9.80 Å². The molecule has 0 bridgehead atoms. The molecule has 1 N–H and O–H groups in total. The minimum Gasteiger partial charge on any atom is -0.396 e. The minimum atomic E-state index is 0. The summed E-state index contributed by atoms with van der Waals surface area (Å²) in [6.07, 6.45) is 6.16. The Bertz CT molecular complexity index is 225. The van der Waals surface area contributed by atoms with Crippen molar-refractivity contribution in [1.29, 1.82) is 0 Å². The average Bonchev–Trinajstić information content (AvgIpc) is 2.36. The number of unbranched alkanes of at least 4 members (excludes halogenated alkanes) is 4. The number of aliphatic hydroxyl groups excluding tert-OH is 1. The van der Waals surface area contributed by atoms with E-state index in [4.69, 9.17) is 5.11 Å². The van der Waals surface area contributed by atoms with Gasteiger partial charge in [0, 0.05) is 56.8 Å². The van der Waals surface area contributed by atoms with Gasteiger partial charge in [-0.15, -0.1) is 0 Å². The molecule has 0 amide bonds. The van der Waals surface area contributed by atoms with E-state index in [2.05, 4.69) is 16.7 Å². The molecule has 2 rings (SSSR count). The maximum atomic E-state index is 8.68. The van der Waals surface area contributed by atoms with Crippen molar-refractivity contribution in [2.75, 3.05) is 45.9 Å². The van der Waals surface area contributed by atoms with E-state index in [-0.39, 0.29) is 18.6 Å². The summed E-state index contributed by atoms with van der Waals surface area (Å²) < 4.78 is 0. The molecule has 2 heterocycles. The van der Waals surface area contributed by atoms with Crippen LogP contribution in [0.5, 0.6) is 0 Å². The summed E-state index contributed by atoms with van der Waals surface area (Å²) in [6, 6.07) is 0. The second-order valence-electron chi connectivity index (χ2n) is 6.01. The zero-order valence-electron chi connectivity index (χ0n) is 13.8. The van der Waals surface area contributed by atoms with Crippen LogP contribution in [0, 0.1) is 5.41 Å². The SMILES string of the molecule is CC.CCN1CC2(C1)CN(CCCCCCCO)C2.[V]. The zero-order valence-corrected chi connectivity index (χ0v) is 15.2. The first-order chi connectivity index (χ1) is 9.28. The Morgan fingerprint density at radius 1 is 0.850 bits per heavy atom. The molecule has 0 aromatic carbocycles. The van der Waals surface area contributed by atoms with Crippen LogP contribution in [0.4, 0.5) is 0 Å². The van der Waals surface area contributed by atoms with Gasteiger partial charge in [-0.05, 0) is 25.9 Å². The van der Waals surface area contributed by atoms with Crippen LogP contribution in [0.1, 0.15) is 52.9 Å². The fourth-order valence-electron chi connectivity index (χ4n) is 3.36. The molecule has 1 spiro atoms. The van der Waals surface area contributed by atoms with Gasteiger partial charge in [0.1, 0.15) is 0 Å². The number of aliphatic hydroxyl groups is 1. The van der Waals surface area contributed by atoms with Gasteiger partial charge in [0.25, 0.3) is 0 Å². The largest absolute Gasteiger partial charge is 0.396 e. The first kappa shape index (κ1) is 20.5. The summed E-state index contributed by atoms with van der Waals surface area (Å²) in [4.78, 5) is 5.17. The Morgan fingerprint density at radius 2 is 1.35 bits per heavy atom. The number of likely N-dealkylation sites (tertiary alicyclic amines) is 2. The molecule has 0 aliphatic carbocycles. The van der Waals surface area contributed by atoms with Crippen molar-refractivity contribution in [2.45, 2.75) is 52.9 Å². The van der Waals surface area contributed by atoms with Crippen LogP contribution in [0.25, 0.3) is 0 Å². The molecule has 2 aliphatic heterocycles. The second-order valence-corrected chi connectivity index (χ2v) is 6.01. The normalized spacial score (nSPS) is 20.4. The molecule has 20 heavy (non-hydrogen) atoms. The zero-order chi connectivity index (χ0) is 14.1. The summed E-state index contributed by atoms with van der Waals surface area (Å²) in [6.45, 7) is 14.5. The van der Waals surface area contributed by atoms with E-state index in [9.17, 15) is 0 Å². The standard InChI is InChI=1S/C14H28N2O.C2H6.V/c1-2-15-10-14(11-15)12-16(13-14)8-6-4-3-5-7-9-17;1-2;/h17H,2-13H2,1H3;1-2H3;. The molecule has 3 nitrogen and oxygen atoms in total. The maximum Gasteiger partial charge on any atom is 0.0431 e. The molecule has 2 fully saturated rings. The van der Waals surface area contributed by atoms with Crippen molar-refractivity contribution in [2.24, 2.45) is 5.41 Å².